The average Bonchev–Trinajstić information content (AvgIpc) is 2.65. The second-order valence-corrected chi connectivity index (χ2v) is 6.30. The number of halogens is 1. The standard InChI is InChI=1S/C12H22BrNO2/c1-12(6-4-5-7-12)11(15)14(2)8-10(13)9-16-3/h10H,4-9H2,1-3H3. The third kappa shape index (κ3) is 3.45. The van der Waals surface area contributed by atoms with Gasteiger partial charge in [-0.25, -0.2) is 0 Å². The van der Waals surface area contributed by atoms with Gasteiger partial charge in [-0.1, -0.05) is 35.7 Å². The fourth-order valence-corrected chi connectivity index (χ4v) is 3.14. The van der Waals surface area contributed by atoms with Gasteiger partial charge in [0.15, 0.2) is 0 Å². The first-order valence-electron chi connectivity index (χ1n) is 5.88. The third-order valence-electron chi connectivity index (χ3n) is 3.39. The number of carbonyl (C=O) groups excluding carboxylic acids is 1. The van der Waals surface area contributed by atoms with E-state index in [9.17, 15) is 4.79 Å². The molecule has 3 nitrogen and oxygen atoms in total. The highest BCUT2D eigenvalue weighted by atomic mass is 79.9. The Morgan fingerprint density at radius 2 is 2.06 bits per heavy atom. The highest BCUT2D eigenvalue weighted by Crippen LogP contribution is 2.38. The highest BCUT2D eigenvalue weighted by molar-refractivity contribution is 9.09. The van der Waals surface area contributed by atoms with Gasteiger partial charge in [-0.15, -0.1) is 0 Å². The predicted octanol–water partition coefficient (Wildman–Crippen LogP) is 2.44. The molecule has 1 unspecified atom stereocenters. The normalized spacial score (nSPS) is 20.8. The predicted molar refractivity (Wildman–Crippen MR) is 68.8 cm³/mol. The average molecular weight is 292 g/mol. The van der Waals surface area contributed by atoms with Crippen molar-refractivity contribution in [2.24, 2.45) is 5.41 Å². The Labute approximate surface area is 107 Å². The number of rotatable bonds is 5. The summed E-state index contributed by atoms with van der Waals surface area (Å²) in [6, 6.07) is 0. The van der Waals surface area contributed by atoms with Crippen LogP contribution in [-0.2, 0) is 9.53 Å². The summed E-state index contributed by atoms with van der Waals surface area (Å²) < 4.78 is 5.05. The van der Waals surface area contributed by atoms with E-state index in [1.54, 1.807) is 7.11 Å². The fraction of sp³-hybridized carbons (Fsp3) is 0.917. The number of alkyl halides is 1. The summed E-state index contributed by atoms with van der Waals surface area (Å²) in [7, 11) is 3.56. The van der Waals surface area contributed by atoms with Crippen LogP contribution in [-0.4, -0.2) is 42.9 Å². The molecule has 1 rings (SSSR count). The summed E-state index contributed by atoms with van der Waals surface area (Å²) in [6.45, 7) is 3.44. The lowest BCUT2D eigenvalue weighted by Gasteiger charge is -2.30. The van der Waals surface area contributed by atoms with Gasteiger partial charge in [-0.2, -0.15) is 0 Å². The van der Waals surface area contributed by atoms with Gasteiger partial charge in [0.05, 0.1) is 11.4 Å². The molecule has 1 fully saturated rings. The van der Waals surface area contributed by atoms with Crippen molar-refractivity contribution in [1.82, 2.24) is 4.90 Å². The molecule has 0 N–H and O–H groups in total. The number of hydrogen-bond acceptors (Lipinski definition) is 2. The van der Waals surface area contributed by atoms with E-state index in [4.69, 9.17) is 4.74 Å². The zero-order chi connectivity index (χ0) is 12.2. The van der Waals surface area contributed by atoms with E-state index in [2.05, 4.69) is 22.9 Å². The molecule has 1 aliphatic rings. The van der Waals surface area contributed by atoms with E-state index in [0.717, 1.165) is 12.8 Å². The first kappa shape index (κ1) is 14.0. The first-order chi connectivity index (χ1) is 7.49. The number of nitrogens with zero attached hydrogens (tertiary/aromatic N) is 1. The Hall–Kier alpha value is -0.0900. The number of carbonyl (C=O) groups is 1. The van der Waals surface area contributed by atoms with E-state index in [0.29, 0.717) is 13.2 Å². The van der Waals surface area contributed by atoms with Crippen molar-refractivity contribution in [3.63, 3.8) is 0 Å². The Kier molecular flexibility index (Phi) is 5.25. The summed E-state index contributed by atoms with van der Waals surface area (Å²) >= 11 is 3.51. The number of hydrogen-bond donors (Lipinski definition) is 0. The van der Waals surface area contributed by atoms with E-state index >= 15 is 0 Å². The van der Waals surface area contributed by atoms with Gasteiger partial charge in [0.2, 0.25) is 5.91 Å². The number of ether oxygens (including phenoxy) is 1. The van der Waals surface area contributed by atoms with Crippen molar-refractivity contribution in [2.45, 2.75) is 37.4 Å². The molecule has 0 bridgehead atoms. The lowest BCUT2D eigenvalue weighted by Crippen LogP contribution is -2.41. The maximum absolute atomic E-state index is 12.3. The van der Waals surface area contributed by atoms with Gasteiger partial charge in [0.25, 0.3) is 0 Å². The molecule has 0 radical (unpaired) electrons. The molecule has 0 saturated heterocycles. The second-order valence-electron chi connectivity index (χ2n) is 5.01. The molecule has 4 heteroatoms. The van der Waals surface area contributed by atoms with Crippen molar-refractivity contribution < 1.29 is 9.53 Å². The van der Waals surface area contributed by atoms with Crippen LogP contribution >= 0.6 is 15.9 Å². The minimum absolute atomic E-state index is 0.117. The molecule has 1 aliphatic carbocycles. The second kappa shape index (κ2) is 6.01. The summed E-state index contributed by atoms with van der Waals surface area (Å²) in [6.07, 6.45) is 4.44. The maximum Gasteiger partial charge on any atom is 0.228 e. The molecule has 1 amide bonds. The number of amides is 1. The van der Waals surface area contributed by atoms with E-state index in [-0.39, 0.29) is 16.1 Å². The van der Waals surface area contributed by atoms with Crippen molar-refractivity contribution in [2.75, 3.05) is 27.3 Å². The highest BCUT2D eigenvalue weighted by Gasteiger charge is 2.38. The van der Waals surface area contributed by atoms with Crippen LogP contribution in [0.4, 0.5) is 0 Å². The lowest BCUT2D eigenvalue weighted by molar-refractivity contribution is -0.139. The Bertz CT molecular complexity index is 239. The Morgan fingerprint density at radius 3 is 2.56 bits per heavy atom. The minimum atomic E-state index is -0.117. The van der Waals surface area contributed by atoms with Crippen LogP contribution in [0.2, 0.25) is 0 Å². The molecule has 0 aromatic rings. The molecule has 0 aliphatic heterocycles. The fourth-order valence-electron chi connectivity index (χ4n) is 2.44. The van der Waals surface area contributed by atoms with E-state index in [1.165, 1.54) is 12.8 Å². The number of methoxy groups -OCH3 is 1. The zero-order valence-electron chi connectivity index (χ0n) is 10.5. The van der Waals surface area contributed by atoms with Crippen molar-refractivity contribution in [3.05, 3.63) is 0 Å². The molecule has 1 saturated carbocycles. The summed E-state index contributed by atoms with van der Waals surface area (Å²) in [5.41, 5.74) is -0.117. The smallest absolute Gasteiger partial charge is 0.228 e. The summed E-state index contributed by atoms with van der Waals surface area (Å²) in [5.74, 6) is 0.283. The maximum atomic E-state index is 12.3. The van der Waals surface area contributed by atoms with Gasteiger partial charge >= 0.3 is 0 Å². The largest absolute Gasteiger partial charge is 0.383 e. The third-order valence-corrected chi connectivity index (χ3v) is 3.94. The van der Waals surface area contributed by atoms with Crippen LogP contribution in [0.5, 0.6) is 0 Å². The van der Waals surface area contributed by atoms with Crippen LogP contribution < -0.4 is 0 Å². The van der Waals surface area contributed by atoms with Crippen molar-refractivity contribution in [3.8, 4) is 0 Å². The molecule has 0 heterocycles. The van der Waals surface area contributed by atoms with E-state index < -0.39 is 0 Å². The molecule has 16 heavy (non-hydrogen) atoms. The van der Waals surface area contributed by atoms with Gasteiger partial charge in [0, 0.05) is 26.1 Å². The van der Waals surface area contributed by atoms with Crippen molar-refractivity contribution in [1.29, 1.82) is 0 Å². The van der Waals surface area contributed by atoms with Crippen LogP contribution in [0.25, 0.3) is 0 Å². The topological polar surface area (TPSA) is 29.5 Å². The molecular weight excluding hydrogens is 270 g/mol. The van der Waals surface area contributed by atoms with Crippen LogP contribution in [0, 0.1) is 5.41 Å². The summed E-state index contributed by atoms with van der Waals surface area (Å²) in [5, 5.41) is 0. The molecule has 1 atom stereocenters. The molecule has 0 aromatic heterocycles. The van der Waals surface area contributed by atoms with Gasteiger partial charge in [-0.3, -0.25) is 4.79 Å². The van der Waals surface area contributed by atoms with Gasteiger partial charge < -0.3 is 9.64 Å². The zero-order valence-corrected chi connectivity index (χ0v) is 12.0. The van der Waals surface area contributed by atoms with Gasteiger partial charge in [-0.05, 0) is 12.8 Å². The summed E-state index contributed by atoms with van der Waals surface area (Å²) in [4.78, 5) is 14.3. The van der Waals surface area contributed by atoms with Crippen LogP contribution in [0.15, 0.2) is 0 Å². The molecule has 94 valence electrons. The van der Waals surface area contributed by atoms with Crippen LogP contribution in [0.3, 0.4) is 0 Å². The molecular formula is C12H22BrNO2. The monoisotopic (exact) mass is 291 g/mol. The van der Waals surface area contributed by atoms with Gasteiger partial charge in [0.1, 0.15) is 0 Å². The Morgan fingerprint density at radius 1 is 1.50 bits per heavy atom. The SMILES string of the molecule is COCC(Br)CN(C)C(=O)C1(C)CCCC1. The molecule has 0 spiro atoms. The Balaban J connectivity index is 2.46. The minimum Gasteiger partial charge on any atom is -0.383 e. The van der Waals surface area contributed by atoms with Crippen LogP contribution in [0.1, 0.15) is 32.6 Å². The van der Waals surface area contributed by atoms with E-state index in [1.807, 2.05) is 11.9 Å². The molecule has 0 aromatic carbocycles. The quantitative estimate of drug-likeness (QED) is 0.728. The first-order valence-corrected chi connectivity index (χ1v) is 6.80. The lowest BCUT2D eigenvalue weighted by atomic mass is 9.87. The van der Waals surface area contributed by atoms with Crippen molar-refractivity contribution >= 4 is 21.8 Å².